The van der Waals surface area contributed by atoms with Gasteiger partial charge in [-0.1, -0.05) is 12.1 Å². The molecule has 146 valence electrons. The fourth-order valence-corrected chi connectivity index (χ4v) is 3.76. The van der Waals surface area contributed by atoms with Gasteiger partial charge in [0.25, 0.3) is 5.91 Å². The Labute approximate surface area is 165 Å². The lowest BCUT2D eigenvalue weighted by atomic mass is 10.0. The van der Waals surface area contributed by atoms with Crippen LogP contribution in [0.3, 0.4) is 0 Å². The van der Waals surface area contributed by atoms with Crippen LogP contribution in [0.15, 0.2) is 48.5 Å². The number of ether oxygens (including phenoxy) is 1. The van der Waals surface area contributed by atoms with E-state index in [0.29, 0.717) is 12.2 Å². The molecule has 5 nitrogen and oxygen atoms in total. The normalized spacial score (nSPS) is 18.8. The summed E-state index contributed by atoms with van der Waals surface area (Å²) in [5.74, 6) is 1.14. The Kier molecular flexibility index (Phi) is 5.33. The zero-order valence-electron chi connectivity index (χ0n) is 16.2. The third-order valence-corrected chi connectivity index (χ3v) is 5.44. The van der Waals surface area contributed by atoms with Crippen LogP contribution in [0.1, 0.15) is 54.6 Å². The van der Waals surface area contributed by atoms with E-state index in [1.54, 1.807) is 12.1 Å². The number of hydrogen-bond donors (Lipinski definition) is 1. The van der Waals surface area contributed by atoms with E-state index in [4.69, 9.17) is 4.74 Å². The monoisotopic (exact) mass is 378 g/mol. The van der Waals surface area contributed by atoms with Crippen LogP contribution in [-0.4, -0.2) is 29.9 Å². The van der Waals surface area contributed by atoms with E-state index < -0.39 is 0 Å². The smallest absolute Gasteiger partial charge is 0.254 e. The number of nitrogens with one attached hydrogen (secondary N) is 1. The van der Waals surface area contributed by atoms with Gasteiger partial charge in [-0.3, -0.25) is 9.59 Å². The summed E-state index contributed by atoms with van der Waals surface area (Å²) in [6, 6.07) is 15.4. The maximum Gasteiger partial charge on any atom is 0.254 e. The van der Waals surface area contributed by atoms with Crippen molar-refractivity contribution in [3.05, 3.63) is 59.7 Å². The van der Waals surface area contributed by atoms with Crippen LogP contribution in [-0.2, 0) is 4.79 Å². The van der Waals surface area contributed by atoms with Crippen molar-refractivity contribution in [2.45, 2.75) is 38.6 Å². The molecular weight excluding hydrogens is 352 g/mol. The van der Waals surface area contributed by atoms with E-state index in [1.165, 1.54) is 0 Å². The maximum absolute atomic E-state index is 13.1. The van der Waals surface area contributed by atoms with Gasteiger partial charge in [0.15, 0.2) is 0 Å². The number of nitrogens with zero attached hydrogens (tertiary/aromatic N) is 1. The van der Waals surface area contributed by atoms with Crippen molar-refractivity contribution in [3.63, 3.8) is 0 Å². The molecule has 1 aliphatic carbocycles. The average Bonchev–Trinajstić information content (AvgIpc) is 3.46. The number of carbonyl (C=O) groups is 2. The lowest BCUT2D eigenvalue weighted by molar-refractivity contribution is -0.117. The van der Waals surface area contributed by atoms with Crippen LogP contribution in [0.2, 0.25) is 0 Å². The molecule has 1 aliphatic heterocycles. The van der Waals surface area contributed by atoms with E-state index in [0.717, 1.165) is 49.2 Å². The van der Waals surface area contributed by atoms with E-state index in [-0.39, 0.29) is 23.8 Å². The minimum Gasteiger partial charge on any atom is -0.494 e. The second kappa shape index (κ2) is 8.05. The fraction of sp³-hybridized carbons (Fsp3) is 0.391. The molecule has 2 aliphatic rings. The zero-order chi connectivity index (χ0) is 19.5. The van der Waals surface area contributed by atoms with Crippen LogP contribution in [0.4, 0.5) is 5.69 Å². The molecule has 1 N–H and O–H groups in total. The van der Waals surface area contributed by atoms with Gasteiger partial charge in [0.05, 0.1) is 12.6 Å². The van der Waals surface area contributed by atoms with Gasteiger partial charge in [-0.25, -0.2) is 0 Å². The van der Waals surface area contributed by atoms with Crippen molar-refractivity contribution < 1.29 is 14.3 Å². The molecule has 1 saturated heterocycles. The third kappa shape index (κ3) is 4.03. The molecule has 2 fully saturated rings. The lowest BCUT2D eigenvalue weighted by Crippen LogP contribution is -2.30. The van der Waals surface area contributed by atoms with Crippen molar-refractivity contribution in [2.24, 2.45) is 5.92 Å². The molecule has 0 aromatic heterocycles. The van der Waals surface area contributed by atoms with Crippen molar-refractivity contribution in [2.75, 3.05) is 18.5 Å². The van der Waals surface area contributed by atoms with Crippen LogP contribution in [0, 0.1) is 5.92 Å². The molecule has 2 amide bonds. The summed E-state index contributed by atoms with van der Waals surface area (Å²) in [5, 5.41) is 2.91. The topological polar surface area (TPSA) is 58.6 Å². The lowest BCUT2D eigenvalue weighted by Gasteiger charge is -2.25. The summed E-state index contributed by atoms with van der Waals surface area (Å²) in [7, 11) is 0. The molecule has 5 heteroatoms. The molecule has 2 aromatic carbocycles. The molecule has 1 heterocycles. The molecule has 1 atom stereocenters. The van der Waals surface area contributed by atoms with Gasteiger partial charge < -0.3 is 15.0 Å². The summed E-state index contributed by atoms with van der Waals surface area (Å²) >= 11 is 0. The quantitative estimate of drug-likeness (QED) is 0.810. The third-order valence-electron chi connectivity index (χ3n) is 5.44. The molecule has 0 bridgehead atoms. The number of carbonyl (C=O) groups excluding carboxylic acids is 2. The first kappa shape index (κ1) is 18.5. The second-order valence-corrected chi connectivity index (χ2v) is 7.50. The number of rotatable bonds is 6. The standard InChI is InChI=1S/C23H26N2O3/c1-2-28-20-13-9-16(10-14-20)21-4-3-15-25(21)23(27)18-7-11-19(12-8-18)24-22(26)17-5-6-17/h7-14,17,21H,2-6,15H2,1H3,(H,24,26). The van der Waals surface area contributed by atoms with Gasteiger partial charge >= 0.3 is 0 Å². The van der Waals surface area contributed by atoms with Crippen molar-refractivity contribution >= 4 is 17.5 Å². The van der Waals surface area contributed by atoms with Crippen LogP contribution >= 0.6 is 0 Å². The van der Waals surface area contributed by atoms with Crippen molar-refractivity contribution in [3.8, 4) is 5.75 Å². The first-order valence-electron chi connectivity index (χ1n) is 10.1. The molecule has 0 spiro atoms. The van der Waals surface area contributed by atoms with E-state index in [9.17, 15) is 9.59 Å². The Balaban J connectivity index is 1.44. The predicted molar refractivity (Wildman–Crippen MR) is 108 cm³/mol. The summed E-state index contributed by atoms with van der Waals surface area (Å²) < 4.78 is 5.51. The summed E-state index contributed by atoms with van der Waals surface area (Å²) in [6.45, 7) is 3.37. The Bertz CT molecular complexity index is 841. The second-order valence-electron chi connectivity index (χ2n) is 7.50. The Morgan fingerprint density at radius 2 is 1.75 bits per heavy atom. The Morgan fingerprint density at radius 3 is 2.39 bits per heavy atom. The van der Waals surface area contributed by atoms with E-state index in [2.05, 4.69) is 17.4 Å². The SMILES string of the molecule is CCOc1ccc(C2CCCN2C(=O)c2ccc(NC(=O)C3CC3)cc2)cc1. The highest BCUT2D eigenvalue weighted by Crippen LogP contribution is 2.34. The number of likely N-dealkylation sites (tertiary alicyclic amines) is 1. The van der Waals surface area contributed by atoms with Gasteiger partial charge in [-0.15, -0.1) is 0 Å². The Hall–Kier alpha value is -2.82. The predicted octanol–water partition coefficient (Wildman–Crippen LogP) is 4.41. The molecule has 1 unspecified atom stereocenters. The number of hydrogen-bond acceptors (Lipinski definition) is 3. The van der Waals surface area contributed by atoms with Gasteiger partial charge in [0.2, 0.25) is 5.91 Å². The first-order valence-corrected chi connectivity index (χ1v) is 10.1. The minimum atomic E-state index is 0.0384. The van der Waals surface area contributed by atoms with E-state index >= 15 is 0 Å². The van der Waals surface area contributed by atoms with Gasteiger partial charge in [0.1, 0.15) is 5.75 Å². The zero-order valence-corrected chi connectivity index (χ0v) is 16.2. The van der Waals surface area contributed by atoms with Crippen LogP contribution < -0.4 is 10.1 Å². The average molecular weight is 378 g/mol. The van der Waals surface area contributed by atoms with Crippen LogP contribution in [0.25, 0.3) is 0 Å². The van der Waals surface area contributed by atoms with Gasteiger partial charge in [-0.05, 0) is 74.6 Å². The highest BCUT2D eigenvalue weighted by molar-refractivity contribution is 5.97. The molecule has 0 radical (unpaired) electrons. The van der Waals surface area contributed by atoms with E-state index in [1.807, 2.05) is 36.1 Å². The first-order chi connectivity index (χ1) is 13.7. The van der Waals surface area contributed by atoms with Gasteiger partial charge in [0, 0.05) is 23.7 Å². The highest BCUT2D eigenvalue weighted by atomic mass is 16.5. The molecular formula is C23H26N2O3. The Morgan fingerprint density at radius 1 is 1.04 bits per heavy atom. The molecule has 2 aromatic rings. The number of amides is 2. The highest BCUT2D eigenvalue weighted by Gasteiger charge is 2.31. The molecule has 28 heavy (non-hydrogen) atoms. The molecule has 1 saturated carbocycles. The van der Waals surface area contributed by atoms with Gasteiger partial charge in [-0.2, -0.15) is 0 Å². The fourth-order valence-electron chi connectivity index (χ4n) is 3.76. The molecule has 4 rings (SSSR count). The minimum absolute atomic E-state index is 0.0384. The largest absolute Gasteiger partial charge is 0.494 e. The van der Waals surface area contributed by atoms with Crippen molar-refractivity contribution in [1.82, 2.24) is 4.90 Å². The summed E-state index contributed by atoms with van der Waals surface area (Å²) in [5.41, 5.74) is 2.54. The maximum atomic E-state index is 13.1. The van der Waals surface area contributed by atoms with Crippen molar-refractivity contribution in [1.29, 1.82) is 0 Å². The number of anilines is 1. The summed E-state index contributed by atoms with van der Waals surface area (Å²) in [4.78, 5) is 26.9. The summed E-state index contributed by atoms with van der Waals surface area (Å²) in [6.07, 6.45) is 3.92. The number of benzene rings is 2. The van der Waals surface area contributed by atoms with Crippen LogP contribution in [0.5, 0.6) is 5.75 Å².